The maximum Gasteiger partial charge on any atom is 0.122 e. The summed E-state index contributed by atoms with van der Waals surface area (Å²) in [6, 6.07) is 6.23. The Bertz CT molecular complexity index is 359. The van der Waals surface area contributed by atoms with Crippen molar-refractivity contribution in [3.63, 3.8) is 0 Å². The van der Waals surface area contributed by atoms with E-state index in [1.165, 1.54) is 5.56 Å². The van der Waals surface area contributed by atoms with E-state index in [2.05, 4.69) is 12.2 Å². The summed E-state index contributed by atoms with van der Waals surface area (Å²) in [6.07, 6.45) is 1.00. The lowest BCUT2D eigenvalue weighted by Gasteiger charge is -2.21. The number of nitrogens with one attached hydrogen (secondary N) is 1. The molecule has 1 N–H and O–H groups in total. The van der Waals surface area contributed by atoms with Crippen molar-refractivity contribution in [1.29, 1.82) is 0 Å². The molecule has 0 aliphatic carbocycles. The van der Waals surface area contributed by atoms with E-state index in [9.17, 15) is 0 Å². The van der Waals surface area contributed by atoms with E-state index in [1.807, 2.05) is 25.2 Å². The van der Waals surface area contributed by atoms with Crippen molar-refractivity contribution >= 4 is 0 Å². The normalized spacial score (nSPS) is 13.9. The molecule has 108 valence electrons. The lowest BCUT2D eigenvalue weighted by Crippen LogP contribution is -2.20. The molecule has 0 heterocycles. The number of hydrogen-bond acceptors (Lipinski definition) is 4. The van der Waals surface area contributed by atoms with E-state index in [4.69, 9.17) is 14.2 Å². The molecular formula is C15H25NO3. The maximum absolute atomic E-state index is 5.31. The second-order valence-corrected chi connectivity index (χ2v) is 4.78. The van der Waals surface area contributed by atoms with Gasteiger partial charge in [-0.25, -0.2) is 0 Å². The predicted molar refractivity (Wildman–Crippen MR) is 77.0 cm³/mol. The second kappa shape index (κ2) is 8.02. The van der Waals surface area contributed by atoms with Crippen LogP contribution in [0.2, 0.25) is 0 Å². The fourth-order valence-electron chi connectivity index (χ4n) is 2.21. The summed E-state index contributed by atoms with van der Waals surface area (Å²) in [6.45, 7) is 2.95. The zero-order valence-electron chi connectivity index (χ0n) is 12.5. The molecule has 0 saturated heterocycles. The van der Waals surface area contributed by atoms with Crippen molar-refractivity contribution in [2.45, 2.75) is 19.4 Å². The summed E-state index contributed by atoms with van der Waals surface area (Å²) in [4.78, 5) is 0. The maximum atomic E-state index is 5.31. The topological polar surface area (TPSA) is 39.7 Å². The standard InChI is InChI=1S/C15H25NO3/c1-11(10-17-3)6-15(16-2)12-7-13(18-4)9-14(8-12)19-5/h7-9,11,15-16H,6,10H2,1-5H3. The molecule has 2 atom stereocenters. The number of hydrogen-bond donors (Lipinski definition) is 1. The van der Waals surface area contributed by atoms with Gasteiger partial charge in [0.15, 0.2) is 0 Å². The van der Waals surface area contributed by atoms with Crippen molar-refractivity contribution in [2.24, 2.45) is 5.92 Å². The van der Waals surface area contributed by atoms with Gasteiger partial charge >= 0.3 is 0 Å². The summed E-state index contributed by atoms with van der Waals surface area (Å²) in [5.41, 5.74) is 1.17. The molecule has 0 aromatic heterocycles. The molecule has 2 unspecified atom stereocenters. The Hall–Kier alpha value is -1.26. The summed E-state index contributed by atoms with van der Waals surface area (Å²) in [7, 11) is 7.04. The highest BCUT2D eigenvalue weighted by Gasteiger charge is 2.15. The molecule has 4 heteroatoms. The summed E-state index contributed by atoms with van der Waals surface area (Å²) in [5, 5.41) is 3.34. The van der Waals surface area contributed by atoms with Crippen LogP contribution in [0, 0.1) is 5.92 Å². The van der Waals surface area contributed by atoms with Gasteiger partial charge in [-0.2, -0.15) is 0 Å². The Morgan fingerprint density at radius 1 is 1.05 bits per heavy atom. The van der Waals surface area contributed by atoms with E-state index in [0.29, 0.717) is 5.92 Å². The van der Waals surface area contributed by atoms with Gasteiger partial charge in [-0.1, -0.05) is 6.92 Å². The smallest absolute Gasteiger partial charge is 0.122 e. The highest BCUT2D eigenvalue weighted by atomic mass is 16.5. The van der Waals surface area contributed by atoms with E-state index >= 15 is 0 Å². The first-order chi connectivity index (χ1) is 9.14. The second-order valence-electron chi connectivity index (χ2n) is 4.78. The lowest BCUT2D eigenvalue weighted by molar-refractivity contribution is 0.150. The number of rotatable bonds is 8. The van der Waals surface area contributed by atoms with Gasteiger partial charge in [0.2, 0.25) is 0 Å². The zero-order chi connectivity index (χ0) is 14.3. The van der Waals surface area contributed by atoms with Crippen molar-refractivity contribution in [3.05, 3.63) is 23.8 Å². The Morgan fingerprint density at radius 2 is 1.63 bits per heavy atom. The van der Waals surface area contributed by atoms with Crippen molar-refractivity contribution in [1.82, 2.24) is 5.32 Å². The quantitative estimate of drug-likeness (QED) is 0.786. The molecule has 0 amide bonds. The SMILES string of the molecule is CNC(CC(C)COC)c1cc(OC)cc(OC)c1. The highest BCUT2D eigenvalue weighted by Crippen LogP contribution is 2.29. The third-order valence-electron chi connectivity index (χ3n) is 3.21. The minimum atomic E-state index is 0.258. The van der Waals surface area contributed by atoms with Gasteiger partial charge in [-0.15, -0.1) is 0 Å². The van der Waals surface area contributed by atoms with Gasteiger partial charge in [0.25, 0.3) is 0 Å². The largest absolute Gasteiger partial charge is 0.497 e. The Kier molecular flexibility index (Phi) is 6.67. The molecule has 0 aliphatic heterocycles. The Labute approximate surface area is 116 Å². The van der Waals surface area contributed by atoms with Gasteiger partial charge < -0.3 is 19.5 Å². The molecule has 0 radical (unpaired) electrons. The van der Waals surface area contributed by atoms with E-state index < -0.39 is 0 Å². The van der Waals surface area contributed by atoms with Crippen LogP contribution in [0.4, 0.5) is 0 Å². The molecule has 0 spiro atoms. The van der Waals surface area contributed by atoms with Crippen LogP contribution in [0.5, 0.6) is 11.5 Å². The van der Waals surface area contributed by atoms with Gasteiger partial charge in [0, 0.05) is 25.8 Å². The van der Waals surface area contributed by atoms with Gasteiger partial charge in [-0.3, -0.25) is 0 Å². The fourth-order valence-corrected chi connectivity index (χ4v) is 2.21. The van der Waals surface area contributed by atoms with Crippen LogP contribution in [-0.2, 0) is 4.74 Å². The van der Waals surface area contributed by atoms with Gasteiger partial charge in [0.1, 0.15) is 11.5 Å². The number of methoxy groups -OCH3 is 3. The average molecular weight is 267 g/mol. The lowest BCUT2D eigenvalue weighted by atomic mass is 9.96. The minimum Gasteiger partial charge on any atom is -0.497 e. The van der Waals surface area contributed by atoms with Crippen LogP contribution in [0.25, 0.3) is 0 Å². The van der Waals surface area contributed by atoms with Crippen LogP contribution < -0.4 is 14.8 Å². The molecule has 0 bridgehead atoms. The van der Waals surface area contributed by atoms with Gasteiger partial charge in [0.05, 0.1) is 14.2 Å². The molecule has 4 nitrogen and oxygen atoms in total. The number of ether oxygens (including phenoxy) is 3. The minimum absolute atomic E-state index is 0.258. The first-order valence-corrected chi connectivity index (χ1v) is 6.53. The van der Waals surface area contributed by atoms with E-state index in [-0.39, 0.29) is 6.04 Å². The zero-order valence-corrected chi connectivity index (χ0v) is 12.5. The molecule has 0 fully saturated rings. The van der Waals surface area contributed by atoms with Crippen molar-refractivity contribution in [2.75, 3.05) is 35.0 Å². The number of benzene rings is 1. The van der Waals surface area contributed by atoms with Crippen LogP contribution in [0.1, 0.15) is 24.9 Å². The molecule has 19 heavy (non-hydrogen) atoms. The molecule has 0 aliphatic rings. The molecular weight excluding hydrogens is 242 g/mol. The first-order valence-electron chi connectivity index (χ1n) is 6.53. The molecule has 0 saturated carbocycles. The van der Waals surface area contributed by atoms with E-state index in [0.717, 1.165) is 24.5 Å². The van der Waals surface area contributed by atoms with Crippen LogP contribution >= 0.6 is 0 Å². The molecule has 1 rings (SSSR count). The molecule has 1 aromatic carbocycles. The van der Waals surface area contributed by atoms with Crippen molar-refractivity contribution < 1.29 is 14.2 Å². The predicted octanol–water partition coefficient (Wildman–Crippen LogP) is 2.64. The summed E-state index contributed by atoms with van der Waals surface area (Å²) < 4.78 is 15.8. The summed E-state index contributed by atoms with van der Waals surface area (Å²) >= 11 is 0. The van der Waals surface area contributed by atoms with E-state index in [1.54, 1.807) is 21.3 Å². The van der Waals surface area contributed by atoms with Crippen molar-refractivity contribution in [3.8, 4) is 11.5 Å². The highest BCUT2D eigenvalue weighted by molar-refractivity contribution is 5.39. The first kappa shape index (κ1) is 15.8. The molecule has 1 aromatic rings. The summed E-state index contributed by atoms with van der Waals surface area (Å²) in [5.74, 6) is 2.11. The van der Waals surface area contributed by atoms with Crippen LogP contribution in [-0.4, -0.2) is 35.0 Å². The van der Waals surface area contributed by atoms with Crippen LogP contribution in [0.3, 0.4) is 0 Å². The average Bonchev–Trinajstić information content (AvgIpc) is 2.44. The fraction of sp³-hybridized carbons (Fsp3) is 0.600. The third-order valence-corrected chi connectivity index (χ3v) is 3.21. The third kappa shape index (κ3) is 4.73. The van der Waals surface area contributed by atoms with Crippen LogP contribution in [0.15, 0.2) is 18.2 Å². The monoisotopic (exact) mass is 267 g/mol. The van der Waals surface area contributed by atoms with Gasteiger partial charge in [-0.05, 0) is 37.1 Å². The Balaban J connectivity index is 2.90. The Morgan fingerprint density at radius 3 is 2.05 bits per heavy atom.